The molecule has 0 spiro atoms. The minimum absolute atomic E-state index is 0.356. The fourth-order valence-corrected chi connectivity index (χ4v) is 3.15. The third kappa shape index (κ3) is 3.55. The Hall–Kier alpha value is -1.46. The fourth-order valence-electron chi connectivity index (χ4n) is 2.03. The van der Waals surface area contributed by atoms with E-state index in [1.807, 2.05) is 19.4 Å². The van der Waals surface area contributed by atoms with Gasteiger partial charge in [0.2, 0.25) is 0 Å². The van der Waals surface area contributed by atoms with Crippen LogP contribution in [0.3, 0.4) is 0 Å². The zero-order valence-corrected chi connectivity index (χ0v) is 13.4. The average Bonchev–Trinajstić information content (AvgIpc) is 2.87. The van der Waals surface area contributed by atoms with Crippen LogP contribution in [0.5, 0.6) is 0 Å². The lowest BCUT2D eigenvalue weighted by atomic mass is 10.2. The van der Waals surface area contributed by atoms with Gasteiger partial charge in [0, 0.05) is 36.9 Å². The van der Waals surface area contributed by atoms with Crippen LogP contribution < -0.4 is 10.2 Å². The van der Waals surface area contributed by atoms with Crippen molar-refractivity contribution in [1.82, 2.24) is 15.3 Å². The summed E-state index contributed by atoms with van der Waals surface area (Å²) in [5.41, 5.74) is 2.44. The topological polar surface area (TPSA) is 41.0 Å². The summed E-state index contributed by atoms with van der Waals surface area (Å²) in [5, 5.41) is 4.37. The van der Waals surface area contributed by atoms with Crippen molar-refractivity contribution >= 4 is 16.5 Å². The highest BCUT2D eigenvalue weighted by molar-refractivity contribution is 7.15. The summed E-state index contributed by atoms with van der Waals surface area (Å²) in [7, 11) is 4.09. The van der Waals surface area contributed by atoms with E-state index in [1.165, 1.54) is 10.4 Å². The minimum atomic E-state index is 0.356. The summed E-state index contributed by atoms with van der Waals surface area (Å²) in [4.78, 5) is 12.3. The normalized spacial score (nSPS) is 12.4. The maximum absolute atomic E-state index is 4.68. The number of likely N-dealkylation sites (N-methyl/N-ethyl adjacent to an activating group) is 1. The van der Waals surface area contributed by atoms with Crippen LogP contribution in [-0.2, 0) is 6.42 Å². The van der Waals surface area contributed by atoms with Gasteiger partial charge in [-0.2, -0.15) is 0 Å². The number of nitrogens with one attached hydrogen (secondary N) is 1. The molecule has 5 heteroatoms. The highest BCUT2D eigenvalue weighted by atomic mass is 32.1. The zero-order chi connectivity index (χ0) is 14.5. The smallest absolute Gasteiger partial charge is 0.185 e. The first-order valence-corrected chi connectivity index (χ1v) is 7.68. The summed E-state index contributed by atoms with van der Waals surface area (Å²) in [5.74, 6) is 0. The molecular weight excluding hydrogens is 268 g/mol. The highest BCUT2D eigenvalue weighted by Gasteiger charge is 2.15. The van der Waals surface area contributed by atoms with Gasteiger partial charge in [-0.15, -0.1) is 11.3 Å². The van der Waals surface area contributed by atoms with Crippen molar-refractivity contribution in [3.8, 4) is 0 Å². The number of hydrogen-bond donors (Lipinski definition) is 1. The maximum atomic E-state index is 4.68. The predicted octanol–water partition coefficient (Wildman–Crippen LogP) is 2.81. The molecule has 0 saturated heterocycles. The third-order valence-corrected chi connectivity index (χ3v) is 4.91. The van der Waals surface area contributed by atoms with Gasteiger partial charge in [-0.05, 0) is 45.0 Å². The standard InChI is InChI=1S/C15H22N4S/c1-11(16-3)14-12(2)18-15(20-14)19(4)10-7-13-5-8-17-9-6-13/h5-6,8-9,11,16H,7,10H2,1-4H3. The number of aromatic nitrogens is 2. The van der Waals surface area contributed by atoms with E-state index in [-0.39, 0.29) is 0 Å². The first-order chi connectivity index (χ1) is 9.61. The van der Waals surface area contributed by atoms with Gasteiger partial charge >= 0.3 is 0 Å². The Labute approximate surface area is 124 Å². The molecule has 20 heavy (non-hydrogen) atoms. The number of nitrogens with zero attached hydrogens (tertiary/aromatic N) is 3. The van der Waals surface area contributed by atoms with Crippen LogP contribution in [0.2, 0.25) is 0 Å². The van der Waals surface area contributed by atoms with E-state index in [0.29, 0.717) is 6.04 Å². The van der Waals surface area contributed by atoms with Crippen LogP contribution in [-0.4, -0.2) is 30.6 Å². The Kier molecular flexibility index (Phi) is 5.09. The second-order valence-corrected chi connectivity index (χ2v) is 5.99. The van der Waals surface area contributed by atoms with Gasteiger partial charge in [-0.25, -0.2) is 4.98 Å². The number of hydrogen-bond acceptors (Lipinski definition) is 5. The summed E-state index contributed by atoms with van der Waals surface area (Å²) >= 11 is 1.78. The van der Waals surface area contributed by atoms with Gasteiger partial charge in [0.15, 0.2) is 5.13 Å². The molecule has 0 radical (unpaired) electrons. The monoisotopic (exact) mass is 290 g/mol. The molecule has 0 fully saturated rings. The zero-order valence-electron chi connectivity index (χ0n) is 12.6. The molecule has 2 aromatic heterocycles. The molecule has 1 unspecified atom stereocenters. The lowest BCUT2D eigenvalue weighted by molar-refractivity contribution is 0.658. The predicted molar refractivity (Wildman–Crippen MR) is 85.5 cm³/mol. The maximum Gasteiger partial charge on any atom is 0.185 e. The van der Waals surface area contributed by atoms with Crippen LogP contribution in [0.4, 0.5) is 5.13 Å². The Morgan fingerprint density at radius 1 is 1.35 bits per heavy atom. The third-order valence-electron chi connectivity index (χ3n) is 3.46. The second kappa shape index (κ2) is 6.81. The van der Waals surface area contributed by atoms with Crippen molar-refractivity contribution in [2.24, 2.45) is 0 Å². The van der Waals surface area contributed by atoms with Crippen LogP contribution in [0.15, 0.2) is 24.5 Å². The number of rotatable bonds is 6. The summed E-state index contributed by atoms with van der Waals surface area (Å²) in [6, 6.07) is 4.49. The van der Waals surface area contributed by atoms with E-state index in [1.54, 1.807) is 11.3 Å². The molecule has 1 atom stereocenters. The van der Waals surface area contributed by atoms with Crippen molar-refractivity contribution in [3.63, 3.8) is 0 Å². The van der Waals surface area contributed by atoms with Gasteiger partial charge in [0.25, 0.3) is 0 Å². The fraction of sp³-hybridized carbons (Fsp3) is 0.467. The van der Waals surface area contributed by atoms with Crippen molar-refractivity contribution in [3.05, 3.63) is 40.7 Å². The largest absolute Gasteiger partial charge is 0.351 e. The van der Waals surface area contributed by atoms with E-state index in [9.17, 15) is 0 Å². The van der Waals surface area contributed by atoms with Crippen molar-refractivity contribution in [1.29, 1.82) is 0 Å². The van der Waals surface area contributed by atoms with E-state index in [2.05, 4.69) is 53.2 Å². The minimum Gasteiger partial charge on any atom is -0.351 e. The molecule has 2 aromatic rings. The average molecular weight is 290 g/mol. The molecule has 0 saturated carbocycles. The van der Waals surface area contributed by atoms with Crippen molar-refractivity contribution < 1.29 is 0 Å². The van der Waals surface area contributed by atoms with Crippen LogP contribution in [0.25, 0.3) is 0 Å². The van der Waals surface area contributed by atoms with Crippen molar-refractivity contribution in [2.75, 3.05) is 25.5 Å². The first kappa shape index (κ1) is 14.9. The summed E-state index contributed by atoms with van der Waals surface area (Å²) < 4.78 is 0. The summed E-state index contributed by atoms with van der Waals surface area (Å²) in [6.07, 6.45) is 4.69. The summed E-state index contributed by atoms with van der Waals surface area (Å²) in [6.45, 7) is 5.21. The van der Waals surface area contributed by atoms with E-state index in [0.717, 1.165) is 23.8 Å². The Morgan fingerprint density at radius 2 is 2.05 bits per heavy atom. The molecule has 2 rings (SSSR count). The highest BCUT2D eigenvalue weighted by Crippen LogP contribution is 2.29. The van der Waals surface area contributed by atoms with Gasteiger partial charge < -0.3 is 10.2 Å². The molecule has 0 bridgehead atoms. The number of thiazole rings is 1. The van der Waals surface area contributed by atoms with Gasteiger partial charge in [0.1, 0.15) is 0 Å². The van der Waals surface area contributed by atoms with E-state index < -0.39 is 0 Å². The van der Waals surface area contributed by atoms with Crippen LogP contribution >= 0.6 is 11.3 Å². The molecule has 1 N–H and O–H groups in total. The molecule has 4 nitrogen and oxygen atoms in total. The van der Waals surface area contributed by atoms with Gasteiger partial charge in [-0.3, -0.25) is 4.98 Å². The molecule has 108 valence electrons. The van der Waals surface area contributed by atoms with Crippen molar-refractivity contribution in [2.45, 2.75) is 26.3 Å². The Bertz CT molecular complexity index is 538. The van der Waals surface area contributed by atoms with E-state index >= 15 is 0 Å². The quantitative estimate of drug-likeness (QED) is 0.888. The number of aryl methyl sites for hydroxylation is 1. The Balaban J connectivity index is 2.01. The molecular formula is C15H22N4S. The molecule has 0 aliphatic heterocycles. The van der Waals surface area contributed by atoms with Gasteiger partial charge in [-0.1, -0.05) is 0 Å². The molecule has 0 aromatic carbocycles. The first-order valence-electron chi connectivity index (χ1n) is 6.86. The second-order valence-electron chi connectivity index (χ2n) is 4.98. The number of pyridine rings is 1. The van der Waals surface area contributed by atoms with Crippen LogP contribution in [0, 0.1) is 6.92 Å². The lowest BCUT2D eigenvalue weighted by Gasteiger charge is -2.15. The molecule has 0 aliphatic carbocycles. The van der Waals surface area contributed by atoms with E-state index in [4.69, 9.17) is 0 Å². The molecule has 0 amide bonds. The Morgan fingerprint density at radius 3 is 2.70 bits per heavy atom. The SMILES string of the molecule is CNC(C)c1sc(N(C)CCc2ccncc2)nc1C. The molecule has 2 heterocycles. The van der Waals surface area contributed by atoms with Crippen LogP contribution in [0.1, 0.15) is 29.1 Å². The number of anilines is 1. The van der Waals surface area contributed by atoms with Gasteiger partial charge in [0.05, 0.1) is 5.69 Å². The molecule has 0 aliphatic rings. The lowest BCUT2D eigenvalue weighted by Crippen LogP contribution is -2.20.